The predicted octanol–water partition coefficient (Wildman–Crippen LogP) is 2.16. The van der Waals surface area contributed by atoms with Crippen LogP contribution in [0.15, 0.2) is 24.3 Å². The number of urea groups is 1. The lowest BCUT2D eigenvalue weighted by molar-refractivity contribution is -0.145. The monoisotopic (exact) mass is 292 g/mol. The summed E-state index contributed by atoms with van der Waals surface area (Å²) in [7, 11) is 2.90. The normalized spacial score (nSPS) is 11.4. The van der Waals surface area contributed by atoms with E-state index in [9.17, 15) is 14.4 Å². The van der Waals surface area contributed by atoms with E-state index in [-0.39, 0.29) is 24.3 Å². The number of benzene rings is 1. The van der Waals surface area contributed by atoms with Crippen LogP contribution in [-0.4, -0.2) is 43.4 Å². The van der Waals surface area contributed by atoms with Crippen LogP contribution in [0.3, 0.4) is 0 Å². The van der Waals surface area contributed by atoms with Gasteiger partial charge in [0.05, 0.1) is 13.0 Å². The number of ketones is 1. The smallest absolute Gasteiger partial charge is 0.321 e. The Balaban J connectivity index is 2.66. The highest BCUT2D eigenvalue weighted by Crippen LogP contribution is 2.12. The van der Waals surface area contributed by atoms with Crippen LogP contribution in [0.1, 0.15) is 24.2 Å². The molecular formula is C15H20N2O4. The van der Waals surface area contributed by atoms with Crippen LogP contribution in [0.5, 0.6) is 0 Å². The Hall–Kier alpha value is -2.37. The number of carbonyl (C=O) groups is 3. The SMILES string of the molecule is COC(=O)C(C)CN(C)C(=O)Nc1cccc(C(C)=O)c1. The first-order chi connectivity index (χ1) is 9.85. The lowest BCUT2D eigenvalue weighted by atomic mass is 10.1. The lowest BCUT2D eigenvalue weighted by Gasteiger charge is -2.20. The molecule has 6 heteroatoms. The molecule has 1 atom stereocenters. The molecular weight excluding hydrogens is 272 g/mol. The number of esters is 1. The van der Waals surface area contributed by atoms with E-state index in [0.29, 0.717) is 11.3 Å². The standard InChI is InChI=1S/C15H20N2O4/c1-10(14(19)21-4)9-17(3)15(20)16-13-7-5-6-12(8-13)11(2)18/h5-8,10H,9H2,1-4H3,(H,16,20). The molecule has 0 aliphatic rings. The predicted molar refractivity (Wildman–Crippen MR) is 79.3 cm³/mol. The van der Waals surface area contributed by atoms with Crippen LogP contribution in [0, 0.1) is 5.92 Å². The fourth-order valence-corrected chi connectivity index (χ4v) is 1.80. The summed E-state index contributed by atoms with van der Waals surface area (Å²) in [6.07, 6.45) is 0. The summed E-state index contributed by atoms with van der Waals surface area (Å²) in [5.41, 5.74) is 1.06. The minimum Gasteiger partial charge on any atom is -0.469 e. The number of rotatable bonds is 5. The summed E-state index contributed by atoms with van der Waals surface area (Å²) in [5.74, 6) is -0.846. The third-order valence-corrected chi connectivity index (χ3v) is 3.02. The third kappa shape index (κ3) is 4.91. The van der Waals surface area contributed by atoms with Gasteiger partial charge in [-0.05, 0) is 19.1 Å². The molecule has 0 fully saturated rings. The van der Waals surface area contributed by atoms with Crippen molar-refractivity contribution in [3.63, 3.8) is 0 Å². The van der Waals surface area contributed by atoms with Crippen LogP contribution in [0.25, 0.3) is 0 Å². The zero-order chi connectivity index (χ0) is 16.0. The van der Waals surface area contributed by atoms with Crippen molar-refractivity contribution in [1.82, 2.24) is 4.90 Å². The first kappa shape index (κ1) is 16.7. The zero-order valence-electron chi connectivity index (χ0n) is 12.7. The van der Waals surface area contributed by atoms with Gasteiger partial charge in [0.25, 0.3) is 0 Å². The highest BCUT2D eigenvalue weighted by molar-refractivity contribution is 5.96. The Bertz CT molecular complexity index is 542. The van der Waals surface area contributed by atoms with Crippen molar-refractivity contribution in [2.24, 2.45) is 5.92 Å². The summed E-state index contributed by atoms with van der Waals surface area (Å²) in [4.78, 5) is 36.0. The topological polar surface area (TPSA) is 75.7 Å². The van der Waals surface area contributed by atoms with Crippen molar-refractivity contribution < 1.29 is 19.1 Å². The number of anilines is 1. The van der Waals surface area contributed by atoms with E-state index < -0.39 is 5.92 Å². The van der Waals surface area contributed by atoms with Gasteiger partial charge in [0.15, 0.2) is 5.78 Å². The summed E-state index contributed by atoms with van der Waals surface area (Å²) >= 11 is 0. The highest BCUT2D eigenvalue weighted by atomic mass is 16.5. The second-order valence-electron chi connectivity index (χ2n) is 4.87. The number of carbonyl (C=O) groups excluding carboxylic acids is 3. The molecule has 114 valence electrons. The van der Waals surface area contributed by atoms with E-state index in [1.165, 1.54) is 18.9 Å². The molecule has 6 nitrogen and oxygen atoms in total. The number of Topliss-reactive ketones (excluding diaryl/α,β-unsaturated/α-hetero) is 1. The average Bonchev–Trinajstić information content (AvgIpc) is 2.46. The number of methoxy groups -OCH3 is 1. The van der Waals surface area contributed by atoms with Gasteiger partial charge in [-0.15, -0.1) is 0 Å². The quantitative estimate of drug-likeness (QED) is 0.666. The Labute approximate surface area is 124 Å². The molecule has 0 saturated carbocycles. The highest BCUT2D eigenvalue weighted by Gasteiger charge is 2.18. The molecule has 2 amide bonds. The molecule has 1 aromatic rings. The molecule has 21 heavy (non-hydrogen) atoms. The van der Waals surface area contributed by atoms with E-state index >= 15 is 0 Å². The second-order valence-corrected chi connectivity index (χ2v) is 4.87. The largest absolute Gasteiger partial charge is 0.469 e. The molecule has 0 aliphatic heterocycles. The van der Waals surface area contributed by atoms with Crippen LogP contribution >= 0.6 is 0 Å². The maximum atomic E-state index is 12.0. The van der Waals surface area contributed by atoms with Crippen molar-refractivity contribution in [2.75, 3.05) is 26.0 Å². The number of ether oxygens (including phenoxy) is 1. The van der Waals surface area contributed by atoms with Gasteiger partial charge in [0.1, 0.15) is 0 Å². The molecule has 0 bridgehead atoms. The lowest BCUT2D eigenvalue weighted by Crippen LogP contribution is -2.37. The van der Waals surface area contributed by atoms with Gasteiger partial charge in [-0.1, -0.05) is 19.1 Å². The van der Waals surface area contributed by atoms with Gasteiger partial charge in [-0.2, -0.15) is 0 Å². The third-order valence-electron chi connectivity index (χ3n) is 3.02. The molecule has 1 aromatic carbocycles. The van der Waals surface area contributed by atoms with Gasteiger partial charge < -0.3 is 15.0 Å². The number of nitrogens with zero attached hydrogens (tertiary/aromatic N) is 1. The van der Waals surface area contributed by atoms with Crippen molar-refractivity contribution >= 4 is 23.5 Å². The minimum atomic E-state index is -0.408. The van der Waals surface area contributed by atoms with E-state index in [2.05, 4.69) is 10.1 Å². The summed E-state index contributed by atoms with van der Waals surface area (Å²) in [6.45, 7) is 3.39. The summed E-state index contributed by atoms with van der Waals surface area (Å²) < 4.78 is 4.62. The Morgan fingerprint density at radius 2 is 2.00 bits per heavy atom. The van der Waals surface area contributed by atoms with Gasteiger partial charge in [-0.25, -0.2) is 4.79 Å². The summed E-state index contributed by atoms with van der Waals surface area (Å²) in [6, 6.07) is 6.33. The van der Waals surface area contributed by atoms with Gasteiger partial charge in [0.2, 0.25) is 0 Å². The minimum absolute atomic E-state index is 0.0706. The van der Waals surface area contributed by atoms with Crippen LogP contribution in [0.4, 0.5) is 10.5 Å². The second kappa shape index (κ2) is 7.42. The molecule has 0 aromatic heterocycles. The Morgan fingerprint density at radius 1 is 1.33 bits per heavy atom. The molecule has 0 aliphatic carbocycles. The van der Waals surface area contributed by atoms with Crippen molar-refractivity contribution in [2.45, 2.75) is 13.8 Å². The molecule has 0 spiro atoms. The Morgan fingerprint density at radius 3 is 2.57 bits per heavy atom. The maximum absolute atomic E-state index is 12.0. The molecule has 0 radical (unpaired) electrons. The van der Waals surface area contributed by atoms with E-state index in [1.807, 2.05) is 0 Å². The summed E-state index contributed by atoms with van der Waals surface area (Å²) in [5, 5.41) is 2.68. The number of nitrogens with one attached hydrogen (secondary N) is 1. The van der Waals surface area contributed by atoms with Crippen LogP contribution in [-0.2, 0) is 9.53 Å². The van der Waals surface area contributed by atoms with Gasteiger partial charge in [-0.3, -0.25) is 9.59 Å². The van der Waals surface area contributed by atoms with Gasteiger partial charge >= 0.3 is 12.0 Å². The number of amides is 2. The van der Waals surface area contributed by atoms with Crippen molar-refractivity contribution in [1.29, 1.82) is 0 Å². The molecule has 0 saturated heterocycles. The van der Waals surface area contributed by atoms with E-state index in [0.717, 1.165) is 0 Å². The van der Waals surface area contributed by atoms with Gasteiger partial charge in [0, 0.05) is 24.8 Å². The molecule has 0 heterocycles. The molecule has 1 unspecified atom stereocenters. The average molecular weight is 292 g/mol. The molecule has 1 N–H and O–H groups in total. The first-order valence-electron chi connectivity index (χ1n) is 6.56. The van der Waals surface area contributed by atoms with Crippen molar-refractivity contribution in [3.8, 4) is 0 Å². The number of hydrogen-bond acceptors (Lipinski definition) is 4. The fraction of sp³-hybridized carbons (Fsp3) is 0.400. The molecule has 1 rings (SSSR count). The maximum Gasteiger partial charge on any atom is 0.321 e. The van der Waals surface area contributed by atoms with Crippen molar-refractivity contribution in [3.05, 3.63) is 29.8 Å². The Kier molecular flexibility index (Phi) is 5.90. The number of hydrogen-bond donors (Lipinski definition) is 1. The van der Waals surface area contributed by atoms with E-state index in [1.54, 1.807) is 38.2 Å². The fourth-order valence-electron chi connectivity index (χ4n) is 1.80. The van der Waals surface area contributed by atoms with E-state index in [4.69, 9.17) is 0 Å². The first-order valence-corrected chi connectivity index (χ1v) is 6.56. The van der Waals surface area contributed by atoms with Crippen LogP contribution in [0.2, 0.25) is 0 Å². The zero-order valence-corrected chi connectivity index (χ0v) is 12.7. The van der Waals surface area contributed by atoms with Crippen LogP contribution < -0.4 is 5.32 Å².